The number of nitro groups is 1. The average Bonchev–Trinajstić information content (AvgIpc) is 3.33. The fourth-order valence-corrected chi connectivity index (χ4v) is 5.35. The van der Waals surface area contributed by atoms with Crippen LogP contribution in [0.2, 0.25) is 0 Å². The molecule has 0 N–H and O–H groups in total. The number of nitrogens with zero attached hydrogens (tertiary/aromatic N) is 2. The van der Waals surface area contributed by atoms with Gasteiger partial charge >= 0.3 is 5.97 Å². The van der Waals surface area contributed by atoms with Crippen molar-refractivity contribution in [2.24, 2.45) is 16.8 Å². The standard InChI is InChI=1S/C28H28N2O7/c1-15(2)13-35-28(32)25-16(3)29-20-9-18(17-7-5-4-6-8-17)10-22(31)27(20)26(25)19-11-23-24(37-14-36-23)12-21(19)30(33)34/h4-8,11-12,15,18,25-26H,9-10,13-14H2,1-3H3/t18-,25?,26-/m0/s1. The van der Waals surface area contributed by atoms with E-state index >= 15 is 0 Å². The highest BCUT2D eigenvalue weighted by Gasteiger charge is 2.47. The van der Waals surface area contributed by atoms with Gasteiger partial charge in [0.2, 0.25) is 6.79 Å². The molecule has 9 heteroatoms. The molecule has 0 saturated heterocycles. The molecule has 5 rings (SSSR count). The van der Waals surface area contributed by atoms with Crippen molar-refractivity contribution in [2.75, 3.05) is 13.4 Å². The predicted octanol–water partition coefficient (Wildman–Crippen LogP) is 5.10. The minimum Gasteiger partial charge on any atom is -0.465 e. The van der Waals surface area contributed by atoms with E-state index in [0.29, 0.717) is 29.2 Å². The summed E-state index contributed by atoms with van der Waals surface area (Å²) in [7, 11) is 0. The third kappa shape index (κ3) is 4.61. The van der Waals surface area contributed by atoms with Crippen LogP contribution in [-0.4, -0.2) is 35.8 Å². The normalized spacial score (nSPS) is 22.5. The molecule has 1 unspecified atom stereocenters. The van der Waals surface area contributed by atoms with Gasteiger partial charge in [-0.25, -0.2) is 0 Å². The lowest BCUT2D eigenvalue weighted by Crippen LogP contribution is -2.38. The summed E-state index contributed by atoms with van der Waals surface area (Å²) in [6.45, 7) is 5.68. The first-order valence-electron chi connectivity index (χ1n) is 12.4. The van der Waals surface area contributed by atoms with Crippen molar-refractivity contribution in [1.29, 1.82) is 0 Å². The first-order chi connectivity index (χ1) is 17.7. The Bertz CT molecular complexity index is 1330. The van der Waals surface area contributed by atoms with Gasteiger partial charge in [0, 0.05) is 34.9 Å². The predicted molar refractivity (Wildman–Crippen MR) is 135 cm³/mol. The van der Waals surface area contributed by atoms with Gasteiger partial charge in [0.15, 0.2) is 17.3 Å². The highest BCUT2D eigenvalue weighted by molar-refractivity contribution is 6.09. The Labute approximate surface area is 214 Å². The second kappa shape index (κ2) is 9.80. The Hall–Kier alpha value is -4.01. The van der Waals surface area contributed by atoms with Crippen LogP contribution in [0.5, 0.6) is 11.5 Å². The Kier molecular flexibility index (Phi) is 6.54. The molecule has 0 spiro atoms. The summed E-state index contributed by atoms with van der Waals surface area (Å²) in [5, 5.41) is 12.2. The summed E-state index contributed by atoms with van der Waals surface area (Å²) >= 11 is 0. The number of aliphatic imine (C=N–C) groups is 1. The first-order valence-corrected chi connectivity index (χ1v) is 12.4. The molecular weight excluding hydrogens is 476 g/mol. The van der Waals surface area contributed by atoms with Crippen LogP contribution in [0.4, 0.5) is 5.69 Å². The van der Waals surface area contributed by atoms with Gasteiger partial charge in [-0.15, -0.1) is 0 Å². The summed E-state index contributed by atoms with van der Waals surface area (Å²) < 4.78 is 16.5. The zero-order chi connectivity index (χ0) is 26.3. The number of Topliss-reactive ketones (excluding diaryl/α,β-unsaturated/α-hetero) is 1. The van der Waals surface area contributed by atoms with Gasteiger partial charge in [-0.2, -0.15) is 0 Å². The number of benzene rings is 2. The number of rotatable bonds is 6. The number of hydrogen-bond acceptors (Lipinski definition) is 8. The van der Waals surface area contributed by atoms with Gasteiger partial charge in [0.05, 0.1) is 17.6 Å². The molecule has 3 aliphatic rings. The third-order valence-electron chi connectivity index (χ3n) is 7.03. The maximum absolute atomic E-state index is 13.7. The maximum Gasteiger partial charge on any atom is 0.315 e. The van der Waals surface area contributed by atoms with Crippen LogP contribution in [0.15, 0.2) is 58.7 Å². The number of nitro benzene ring substituents is 1. The van der Waals surface area contributed by atoms with E-state index < -0.39 is 22.7 Å². The third-order valence-corrected chi connectivity index (χ3v) is 7.03. The molecular formula is C28H28N2O7. The number of allylic oxidation sites excluding steroid dienone is 2. The van der Waals surface area contributed by atoms with Gasteiger partial charge in [-0.3, -0.25) is 24.7 Å². The highest BCUT2D eigenvalue weighted by atomic mass is 16.7. The molecule has 2 heterocycles. The van der Waals surface area contributed by atoms with Crippen molar-refractivity contribution in [3.05, 3.63) is 75.0 Å². The molecule has 2 aliphatic heterocycles. The van der Waals surface area contributed by atoms with E-state index in [1.165, 1.54) is 12.1 Å². The molecule has 0 aromatic heterocycles. The number of esters is 1. The zero-order valence-corrected chi connectivity index (χ0v) is 20.9. The quantitative estimate of drug-likeness (QED) is 0.305. The highest BCUT2D eigenvalue weighted by Crippen LogP contribution is 2.51. The number of carbonyl (C=O) groups is 2. The fraction of sp³-hybridized carbons (Fsp3) is 0.393. The van der Waals surface area contributed by atoms with Crippen molar-refractivity contribution in [3.63, 3.8) is 0 Å². The molecule has 0 radical (unpaired) electrons. The summed E-state index contributed by atoms with van der Waals surface area (Å²) in [5.41, 5.74) is 2.37. The Balaban J connectivity index is 1.65. The second-order valence-corrected chi connectivity index (χ2v) is 10.1. The maximum atomic E-state index is 13.7. The number of ether oxygens (including phenoxy) is 3. The van der Waals surface area contributed by atoms with E-state index in [4.69, 9.17) is 19.2 Å². The van der Waals surface area contributed by atoms with E-state index in [2.05, 4.69) is 0 Å². The topological polar surface area (TPSA) is 117 Å². The van der Waals surface area contributed by atoms with Crippen LogP contribution >= 0.6 is 0 Å². The molecule has 0 bridgehead atoms. The lowest BCUT2D eigenvalue weighted by atomic mass is 9.69. The first kappa shape index (κ1) is 24.7. The van der Waals surface area contributed by atoms with Gasteiger partial charge in [-0.05, 0) is 36.8 Å². The molecule has 0 saturated carbocycles. The van der Waals surface area contributed by atoms with Crippen LogP contribution in [0.1, 0.15) is 56.6 Å². The van der Waals surface area contributed by atoms with E-state index in [1.54, 1.807) is 6.92 Å². The molecule has 2 aromatic carbocycles. The van der Waals surface area contributed by atoms with Crippen LogP contribution in [0.25, 0.3) is 0 Å². The van der Waals surface area contributed by atoms with E-state index in [0.717, 1.165) is 5.56 Å². The lowest BCUT2D eigenvalue weighted by Gasteiger charge is -2.36. The van der Waals surface area contributed by atoms with Gasteiger partial charge in [-0.1, -0.05) is 44.2 Å². The SMILES string of the molecule is CC1=NC2=C(C(=O)C[C@@H](c3ccccc3)C2)[C@@H](c2cc3c(cc2[N+](=O)[O-])OCO3)C1C(=O)OCC(C)C. The Morgan fingerprint density at radius 2 is 1.86 bits per heavy atom. The molecule has 3 atom stereocenters. The molecule has 37 heavy (non-hydrogen) atoms. The number of hydrogen-bond donors (Lipinski definition) is 0. The summed E-state index contributed by atoms with van der Waals surface area (Å²) in [6.07, 6.45) is 0.713. The van der Waals surface area contributed by atoms with Crippen molar-refractivity contribution in [2.45, 2.75) is 45.4 Å². The van der Waals surface area contributed by atoms with Crippen molar-refractivity contribution in [1.82, 2.24) is 0 Å². The number of ketones is 1. The summed E-state index contributed by atoms with van der Waals surface area (Å²) in [6, 6.07) is 12.6. The second-order valence-electron chi connectivity index (χ2n) is 10.1. The number of carbonyl (C=O) groups excluding carboxylic acids is 2. The van der Waals surface area contributed by atoms with Crippen molar-refractivity contribution < 1.29 is 28.7 Å². The van der Waals surface area contributed by atoms with Gasteiger partial charge in [0.25, 0.3) is 5.69 Å². The molecule has 0 amide bonds. The lowest BCUT2D eigenvalue weighted by molar-refractivity contribution is -0.385. The smallest absolute Gasteiger partial charge is 0.315 e. The van der Waals surface area contributed by atoms with E-state index in [9.17, 15) is 19.7 Å². The fourth-order valence-electron chi connectivity index (χ4n) is 5.35. The number of fused-ring (bicyclic) bond motifs is 1. The Morgan fingerprint density at radius 1 is 1.16 bits per heavy atom. The summed E-state index contributed by atoms with van der Waals surface area (Å²) in [4.78, 5) is 43.6. The average molecular weight is 505 g/mol. The molecule has 1 aliphatic carbocycles. The summed E-state index contributed by atoms with van der Waals surface area (Å²) in [5.74, 6) is -2.02. The van der Waals surface area contributed by atoms with Gasteiger partial charge in [0.1, 0.15) is 5.92 Å². The minimum atomic E-state index is -0.978. The van der Waals surface area contributed by atoms with Crippen LogP contribution in [0, 0.1) is 22.0 Å². The van der Waals surface area contributed by atoms with E-state index in [1.807, 2.05) is 44.2 Å². The van der Waals surface area contributed by atoms with Crippen LogP contribution < -0.4 is 9.47 Å². The van der Waals surface area contributed by atoms with Crippen LogP contribution in [0.3, 0.4) is 0 Å². The van der Waals surface area contributed by atoms with Crippen LogP contribution in [-0.2, 0) is 14.3 Å². The Morgan fingerprint density at radius 3 is 2.54 bits per heavy atom. The molecule has 0 fully saturated rings. The minimum absolute atomic E-state index is 0.0629. The monoisotopic (exact) mass is 504 g/mol. The van der Waals surface area contributed by atoms with Crippen molar-refractivity contribution >= 4 is 23.2 Å². The van der Waals surface area contributed by atoms with Gasteiger partial charge < -0.3 is 14.2 Å². The largest absolute Gasteiger partial charge is 0.465 e. The zero-order valence-electron chi connectivity index (χ0n) is 20.9. The molecule has 192 valence electrons. The molecule has 2 aromatic rings. The van der Waals surface area contributed by atoms with Crippen molar-refractivity contribution in [3.8, 4) is 11.5 Å². The molecule has 9 nitrogen and oxygen atoms in total. The van der Waals surface area contributed by atoms with E-state index in [-0.39, 0.29) is 54.4 Å².